The third-order valence-corrected chi connectivity index (χ3v) is 3.64. The van der Waals surface area contributed by atoms with Crippen molar-refractivity contribution in [2.24, 2.45) is 0 Å². The van der Waals surface area contributed by atoms with E-state index in [1.807, 2.05) is 30.3 Å². The van der Waals surface area contributed by atoms with Gasteiger partial charge in [-0.25, -0.2) is 0 Å². The molecule has 132 valence electrons. The molecule has 0 aliphatic heterocycles. The van der Waals surface area contributed by atoms with E-state index < -0.39 is 18.4 Å². The summed E-state index contributed by atoms with van der Waals surface area (Å²) in [7, 11) is 0. The first kappa shape index (κ1) is 17.2. The number of ether oxygens (including phenoxy) is 1. The van der Waals surface area contributed by atoms with Crippen LogP contribution in [-0.2, 0) is 9.59 Å². The van der Waals surface area contributed by atoms with Crippen LogP contribution < -0.4 is 15.5 Å². The fraction of sp³-hybridized carbons (Fsp3) is 0.105. The Kier molecular flexibility index (Phi) is 4.98. The fourth-order valence-electron chi connectivity index (χ4n) is 2.39. The number of carboxylic acid groups (broad SMARTS) is 1. The van der Waals surface area contributed by atoms with E-state index in [0.29, 0.717) is 22.3 Å². The van der Waals surface area contributed by atoms with Gasteiger partial charge < -0.3 is 19.6 Å². The second-order valence-corrected chi connectivity index (χ2v) is 5.46. The van der Waals surface area contributed by atoms with Gasteiger partial charge in [0.15, 0.2) is 12.0 Å². The average molecular weight is 353 g/mol. The zero-order valence-electron chi connectivity index (χ0n) is 13.6. The molecule has 26 heavy (non-hydrogen) atoms. The molecule has 2 N–H and O–H groups in total. The molecule has 0 saturated carbocycles. The van der Waals surface area contributed by atoms with Crippen LogP contribution in [0.15, 0.2) is 64.0 Å². The van der Waals surface area contributed by atoms with Gasteiger partial charge >= 0.3 is 5.97 Å². The van der Waals surface area contributed by atoms with E-state index in [1.165, 1.54) is 12.3 Å². The second-order valence-electron chi connectivity index (χ2n) is 5.46. The van der Waals surface area contributed by atoms with E-state index in [9.17, 15) is 14.4 Å². The van der Waals surface area contributed by atoms with Crippen LogP contribution in [0.2, 0.25) is 0 Å². The molecule has 3 rings (SSSR count). The van der Waals surface area contributed by atoms with Gasteiger partial charge in [-0.3, -0.25) is 14.4 Å². The van der Waals surface area contributed by atoms with Gasteiger partial charge in [-0.15, -0.1) is 0 Å². The minimum atomic E-state index is -1.14. The van der Waals surface area contributed by atoms with Crippen molar-refractivity contribution in [3.8, 4) is 16.9 Å². The zero-order valence-corrected chi connectivity index (χ0v) is 13.6. The van der Waals surface area contributed by atoms with Crippen molar-refractivity contribution in [1.82, 2.24) is 5.32 Å². The van der Waals surface area contributed by atoms with Crippen LogP contribution in [0.4, 0.5) is 0 Å². The molecule has 0 spiro atoms. The number of hydrogen-bond donors (Lipinski definition) is 2. The van der Waals surface area contributed by atoms with Crippen LogP contribution in [0.3, 0.4) is 0 Å². The lowest BCUT2D eigenvalue weighted by molar-refractivity contribution is -0.138. The van der Waals surface area contributed by atoms with E-state index in [4.69, 9.17) is 14.3 Å². The Hall–Kier alpha value is -3.61. The molecule has 7 nitrogen and oxygen atoms in total. The Morgan fingerprint density at radius 2 is 1.88 bits per heavy atom. The first-order valence-corrected chi connectivity index (χ1v) is 7.77. The second kappa shape index (κ2) is 7.52. The molecule has 2 aromatic carbocycles. The quantitative estimate of drug-likeness (QED) is 0.702. The molecule has 0 bridgehead atoms. The lowest BCUT2D eigenvalue weighted by Crippen LogP contribution is -2.33. The van der Waals surface area contributed by atoms with Crippen LogP contribution in [0.25, 0.3) is 22.1 Å². The number of carboxylic acids is 1. The lowest BCUT2D eigenvalue weighted by Gasteiger charge is -2.07. The maximum absolute atomic E-state index is 12.6. The third-order valence-electron chi connectivity index (χ3n) is 3.64. The third kappa shape index (κ3) is 3.89. The molecule has 1 aromatic heterocycles. The average Bonchev–Trinajstić information content (AvgIpc) is 2.65. The number of nitrogens with one attached hydrogen (secondary N) is 1. The number of fused-ring (bicyclic) bond motifs is 1. The van der Waals surface area contributed by atoms with Crippen molar-refractivity contribution in [3.05, 3.63) is 65.0 Å². The smallest absolute Gasteiger partial charge is 0.322 e. The predicted molar refractivity (Wildman–Crippen MR) is 94.1 cm³/mol. The van der Waals surface area contributed by atoms with Gasteiger partial charge in [0.1, 0.15) is 24.1 Å². The Morgan fingerprint density at radius 1 is 1.12 bits per heavy atom. The molecule has 1 heterocycles. The van der Waals surface area contributed by atoms with Gasteiger partial charge in [0.2, 0.25) is 0 Å². The number of carbonyl (C=O) groups is 2. The summed E-state index contributed by atoms with van der Waals surface area (Å²) < 4.78 is 10.8. The highest BCUT2D eigenvalue weighted by atomic mass is 16.5. The highest BCUT2D eigenvalue weighted by Crippen LogP contribution is 2.22. The Balaban J connectivity index is 1.79. The van der Waals surface area contributed by atoms with Gasteiger partial charge in [0.05, 0.1) is 10.9 Å². The number of hydrogen-bond acceptors (Lipinski definition) is 5. The minimum absolute atomic E-state index is 0.164. The van der Waals surface area contributed by atoms with Crippen LogP contribution in [-0.4, -0.2) is 30.1 Å². The Morgan fingerprint density at radius 3 is 2.62 bits per heavy atom. The van der Waals surface area contributed by atoms with Gasteiger partial charge in [-0.05, 0) is 17.7 Å². The molecule has 1 amide bonds. The summed E-state index contributed by atoms with van der Waals surface area (Å²) >= 11 is 0. The molecule has 0 atom stereocenters. The molecular weight excluding hydrogens is 338 g/mol. The van der Waals surface area contributed by atoms with E-state index in [0.717, 1.165) is 5.56 Å². The molecular formula is C19H15NO6. The van der Waals surface area contributed by atoms with Crippen molar-refractivity contribution in [3.63, 3.8) is 0 Å². The molecule has 3 aromatic rings. The highest BCUT2D eigenvalue weighted by molar-refractivity contribution is 5.84. The summed E-state index contributed by atoms with van der Waals surface area (Å²) in [5, 5.41) is 11.1. The Bertz CT molecular complexity index is 1010. The van der Waals surface area contributed by atoms with Crippen molar-refractivity contribution in [2.45, 2.75) is 0 Å². The molecule has 0 saturated heterocycles. The van der Waals surface area contributed by atoms with Gasteiger partial charge in [0, 0.05) is 6.07 Å². The molecule has 0 aliphatic rings. The first-order valence-electron chi connectivity index (χ1n) is 7.77. The zero-order chi connectivity index (χ0) is 18.5. The number of amides is 1. The largest absolute Gasteiger partial charge is 0.484 e. The SMILES string of the molecule is O=C(O)CNC(=O)COc1ccc2c(=O)c(-c3ccccc3)coc2c1. The normalized spacial score (nSPS) is 10.5. The molecule has 0 unspecified atom stereocenters. The van der Waals surface area contributed by atoms with E-state index >= 15 is 0 Å². The van der Waals surface area contributed by atoms with Crippen molar-refractivity contribution >= 4 is 22.8 Å². The van der Waals surface area contributed by atoms with Crippen molar-refractivity contribution in [2.75, 3.05) is 13.2 Å². The Labute approximate surface area is 147 Å². The summed E-state index contributed by atoms with van der Waals surface area (Å²) in [4.78, 5) is 34.5. The summed E-state index contributed by atoms with van der Waals surface area (Å²) in [6.45, 7) is -0.817. The maximum Gasteiger partial charge on any atom is 0.322 e. The number of aliphatic carboxylic acids is 1. The highest BCUT2D eigenvalue weighted by Gasteiger charge is 2.11. The molecule has 0 fully saturated rings. The van der Waals surface area contributed by atoms with E-state index in [1.54, 1.807) is 12.1 Å². The molecule has 7 heteroatoms. The summed E-state index contributed by atoms with van der Waals surface area (Å²) in [6.07, 6.45) is 1.39. The summed E-state index contributed by atoms with van der Waals surface area (Å²) in [6, 6.07) is 13.8. The van der Waals surface area contributed by atoms with Crippen LogP contribution in [0.5, 0.6) is 5.75 Å². The summed E-state index contributed by atoms with van der Waals surface area (Å²) in [5.41, 5.74) is 1.39. The maximum atomic E-state index is 12.6. The molecule has 0 radical (unpaired) electrons. The lowest BCUT2D eigenvalue weighted by atomic mass is 10.1. The minimum Gasteiger partial charge on any atom is -0.484 e. The van der Waals surface area contributed by atoms with Crippen LogP contribution >= 0.6 is 0 Å². The number of rotatable bonds is 6. The fourth-order valence-corrected chi connectivity index (χ4v) is 2.39. The van der Waals surface area contributed by atoms with Crippen LogP contribution in [0, 0.1) is 0 Å². The standard InChI is InChI=1S/C19H15NO6/c21-17(20-9-18(22)23)11-25-13-6-7-14-16(8-13)26-10-15(19(14)24)12-4-2-1-3-5-12/h1-8,10H,9,11H2,(H,20,21)(H,22,23). The first-order chi connectivity index (χ1) is 12.5. The van der Waals surface area contributed by atoms with Gasteiger partial charge in [-0.2, -0.15) is 0 Å². The summed E-state index contributed by atoms with van der Waals surface area (Å²) in [5.74, 6) is -1.37. The van der Waals surface area contributed by atoms with E-state index in [-0.39, 0.29) is 12.0 Å². The number of carbonyl (C=O) groups excluding carboxylic acids is 1. The topological polar surface area (TPSA) is 106 Å². The van der Waals surface area contributed by atoms with E-state index in [2.05, 4.69) is 5.32 Å². The monoisotopic (exact) mass is 353 g/mol. The predicted octanol–water partition coefficient (Wildman–Crippen LogP) is 2.04. The van der Waals surface area contributed by atoms with Crippen molar-refractivity contribution in [1.29, 1.82) is 0 Å². The van der Waals surface area contributed by atoms with Gasteiger partial charge in [0.25, 0.3) is 5.91 Å². The molecule has 0 aliphatic carbocycles. The van der Waals surface area contributed by atoms with Crippen molar-refractivity contribution < 1.29 is 23.8 Å². The van der Waals surface area contributed by atoms with Crippen LogP contribution in [0.1, 0.15) is 0 Å². The number of benzene rings is 2. The van der Waals surface area contributed by atoms with Gasteiger partial charge in [-0.1, -0.05) is 30.3 Å².